The molecule has 0 aliphatic carbocycles. The van der Waals surface area contributed by atoms with Crippen LogP contribution in [0.25, 0.3) is 0 Å². The van der Waals surface area contributed by atoms with Gasteiger partial charge in [-0.2, -0.15) is 0 Å². The Morgan fingerprint density at radius 1 is 1.12 bits per heavy atom. The van der Waals surface area contributed by atoms with E-state index in [0.29, 0.717) is 22.8 Å². The lowest BCUT2D eigenvalue weighted by Gasteiger charge is -2.21. The minimum atomic E-state index is -0.675. The van der Waals surface area contributed by atoms with Crippen molar-refractivity contribution in [3.05, 3.63) is 47.9 Å². The van der Waals surface area contributed by atoms with Crippen molar-refractivity contribution in [3.63, 3.8) is 0 Å². The molecule has 2 N–H and O–H groups in total. The van der Waals surface area contributed by atoms with E-state index < -0.39 is 6.04 Å². The number of hydrogen-bond donors (Lipinski definition) is 2. The van der Waals surface area contributed by atoms with E-state index >= 15 is 0 Å². The molecule has 0 bridgehead atoms. The number of furan rings is 1. The lowest BCUT2D eigenvalue weighted by atomic mass is 10.0. The van der Waals surface area contributed by atoms with Gasteiger partial charge in [-0.05, 0) is 36.2 Å². The molecule has 0 radical (unpaired) electrons. The van der Waals surface area contributed by atoms with Gasteiger partial charge in [0.1, 0.15) is 11.8 Å². The quantitative estimate of drug-likeness (QED) is 0.754. The van der Waals surface area contributed by atoms with Crippen LogP contribution in [0.1, 0.15) is 30.0 Å². The third-order valence-electron chi connectivity index (χ3n) is 3.90. The standard InChI is InChI=1S/C19H24N2O5/c1-12(2)17(19(23)20-11-14-6-5-9-26-14)21-18(22)13-7-8-15(24-3)16(10-13)25-4/h5-10,12,17H,11H2,1-4H3,(H,20,23)(H,21,22)/t17-/m0/s1. The van der Waals surface area contributed by atoms with Gasteiger partial charge in [-0.15, -0.1) is 0 Å². The molecule has 26 heavy (non-hydrogen) atoms. The molecule has 0 saturated carbocycles. The van der Waals surface area contributed by atoms with Gasteiger partial charge in [-0.3, -0.25) is 9.59 Å². The largest absolute Gasteiger partial charge is 0.493 e. The van der Waals surface area contributed by atoms with Gasteiger partial charge < -0.3 is 24.5 Å². The first-order valence-electron chi connectivity index (χ1n) is 8.29. The zero-order valence-corrected chi connectivity index (χ0v) is 15.4. The smallest absolute Gasteiger partial charge is 0.252 e. The minimum absolute atomic E-state index is 0.0873. The van der Waals surface area contributed by atoms with Gasteiger partial charge in [0.15, 0.2) is 11.5 Å². The summed E-state index contributed by atoms with van der Waals surface area (Å²) in [5, 5.41) is 5.55. The van der Waals surface area contributed by atoms with Gasteiger partial charge in [0.05, 0.1) is 27.0 Å². The van der Waals surface area contributed by atoms with E-state index in [-0.39, 0.29) is 24.3 Å². The topological polar surface area (TPSA) is 89.8 Å². The van der Waals surface area contributed by atoms with Crippen LogP contribution in [0.3, 0.4) is 0 Å². The molecule has 7 nitrogen and oxygen atoms in total. The number of hydrogen-bond acceptors (Lipinski definition) is 5. The molecule has 1 aromatic carbocycles. The maximum atomic E-state index is 12.6. The van der Waals surface area contributed by atoms with Crippen molar-refractivity contribution < 1.29 is 23.5 Å². The van der Waals surface area contributed by atoms with Crippen LogP contribution in [-0.2, 0) is 11.3 Å². The fraction of sp³-hybridized carbons (Fsp3) is 0.368. The number of benzene rings is 1. The lowest BCUT2D eigenvalue weighted by Crippen LogP contribution is -2.49. The van der Waals surface area contributed by atoms with Crippen molar-refractivity contribution in [2.45, 2.75) is 26.4 Å². The fourth-order valence-electron chi connectivity index (χ4n) is 2.43. The second kappa shape index (κ2) is 8.94. The highest BCUT2D eigenvalue weighted by Gasteiger charge is 2.25. The monoisotopic (exact) mass is 360 g/mol. The molecular formula is C19H24N2O5. The van der Waals surface area contributed by atoms with Crippen molar-refractivity contribution in [1.82, 2.24) is 10.6 Å². The Morgan fingerprint density at radius 2 is 1.85 bits per heavy atom. The number of carbonyl (C=O) groups excluding carboxylic acids is 2. The van der Waals surface area contributed by atoms with Gasteiger partial charge in [0.25, 0.3) is 5.91 Å². The van der Waals surface area contributed by atoms with Gasteiger partial charge in [0.2, 0.25) is 5.91 Å². The van der Waals surface area contributed by atoms with E-state index in [1.54, 1.807) is 36.6 Å². The van der Waals surface area contributed by atoms with Crippen LogP contribution in [0.2, 0.25) is 0 Å². The zero-order valence-electron chi connectivity index (χ0n) is 15.4. The van der Waals surface area contributed by atoms with Crippen molar-refractivity contribution in [3.8, 4) is 11.5 Å². The van der Waals surface area contributed by atoms with Crippen LogP contribution in [0.4, 0.5) is 0 Å². The van der Waals surface area contributed by atoms with Crippen molar-refractivity contribution in [2.24, 2.45) is 5.92 Å². The number of ether oxygens (including phenoxy) is 2. The first-order chi connectivity index (χ1) is 12.5. The Balaban J connectivity index is 2.06. The molecular weight excluding hydrogens is 336 g/mol. The Bertz CT molecular complexity index is 740. The zero-order chi connectivity index (χ0) is 19.1. The number of carbonyl (C=O) groups is 2. The predicted octanol–water partition coefficient (Wildman–Crippen LogP) is 2.37. The third kappa shape index (κ3) is 4.78. The molecule has 2 rings (SSSR count). The fourth-order valence-corrected chi connectivity index (χ4v) is 2.43. The average molecular weight is 360 g/mol. The van der Waals surface area contributed by atoms with E-state index in [9.17, 15) is 9.59 Å². The van der Waals surface area contributed by atoms with Crippen molar-refractivity contribution in [1.29, 1.82) is 0 Å². The van der Waals surface area contributed by atoms with Crippen LogP contribution in [-0.4, -0.2) is 32.1 Å². The van der Waals surface area contributed by atoms with Crippen molar-refractivity contribution >= 4 is 11.8 Å². The first-order valence-corrected chi connectivity index (χ1v) is 8.29. The van der Waals surface area contributed by atoms with Gasteiger partial charge in [0, 0.05) is 5.56 Å². The lowest BCUT2D eigenvalue weighted by molar-refractivity contribution is -0.124. The van der Waals surface area contributed by atoms with Crippen LogP contribution in [0.15, 0.2) is 41.0 Å². The summed E-state index contributed by atoms with van der Waals surface area (Å²) in [5.41, 5.74) is 0.382. The highest BCUT2D eigenvalue weighted by Crippen LogP contribution is 2.27. The van der Waals surface area contributed by atoms with Crippen molar-refractivity contribution in [2.75, 3.05) is 14.2 Å². The Hall–Kier alpha value is -2.96. The van der Waals surface area contributed by atoms with E-state index in [4.69, 9.17) is 13.9 Å². The summed E-state index contributed by atoms with van der Waals surface area (Å²) >= 11 is 0. The van der Waals surface area contributed by atoms with Crippen LogP contribution in [0, 0.1) is 5.92 Å². The number of amides is 2. The SMILES string of the molecule is COc1ccc(C(=O)N[C@H](C(=O)NCc2ccco2)C(C)C)cc1OC. The number of rotatable bonds is 8. The summed E-state index contributed by atoms with van der Waals surface area (Å²) in [6, 6.07) is 7.69. The van der Waals surface area contributed by atoms with E-state index in [1.807, 2.05) is 13.8 Å². The summed E-state index contributed by atoms with van der Waals surface area (Å²) < 4.78 is 15.6. The van der Waals surface area contributed by atoms with Gasteiger partial charge >= 0.3 is 0 Å². The molecule has 2 aromatic rings. The Kier molecular flexibility index (Phi) is 6.66. The predicted molar refractivity (Wildman–Crippen MR) is 96.2 cm³/mol. The second-order valence-corrected chi connectivity index (χ2v) is 6.06. The van der Waals surface area contributed by atoms with Crippen LogP contribution >= 0.6 is 0 Å². The molecule has 140 valence electrons. The molecule has 1 heterocycles. The Morgan fingerprint density at radius 3 is 2.42 bits per heavy atom. The minimum Gasteiger partial charge on any atom is -0.493 e. The summed E-state index contributed by atoms with van der Waals surface area (Å²) in [6.45, 7) is 4.00. The highest BCUT2D eigenvalue weighted by molar-refractivity contribution is 5.98. The number of methoxy groups -OCH3 is 2. The molecule has 7 heteroatoms. The molecule has 1 atom stereocenters. The molecule has 0 saturated heterocycles. The van der Waals surface area contributed by atoms with E-state index in [0.717, 1.165) is 0 Å². The molecule has 1 aromatic heterocycles. The number of nitrogens with one attached hydrogen (secondary N) is 2. The summed E-state index contributed by atoms with van der Waals surface area (Å²) in [7, 11) is 3.02. The van der Waals surface area contributed by atoms with Crippen LogP contribution in [0.5, 0.6) is 11.5 Å². The first kappa shape index (κ1) is 19.4. The molecule has 2 amide bonds. The molecule has 0 unspecified atom stereocenters. The summed E-state index contributed by atoms with van der Waals surface area (Å²) in [5.74, 6) is 0.898. The van der Waals surface area contributed by atoms with Crippen LogP contribution < -0.4 is 20.1 Å². The van der Waals surface area contributed by atoms with Gasteiger partial charge in [-0.1, -0.05) is 13.8 Å². The Labute approximate surface area is 152 Å². The summed E-state index contributed by atoms with van der Waals surface area (Å²) in [6.07, 6.45) is 1.54. The molecule has 0 spiro atoms. The molecule has 0 fully saturated rings. The van der Waals surface area contributed by atoms with E-state index in [1.165, 1.54) is 14.2 Å². The van der Waals surface area contributed by atoms with Gasteiger partial charge in [-0.25, -0.2) is 0 Å². The third-order valence-corrected chi connectivity index (χ3v) is 3.90. The normalized spacial score (nSPS) is 11.7. The van der Waals surface area contributed by atoms with E-state index in [2.05, 4.69) is 10.6 Å². The maximum absolute atomic E-state index is 12.6. The molecule has 0 aliphatic rings. The molecule has 0 aliphatic heterocycles. The average Bonchev–Trinajstić information content (AvgIpc) is 3.16. The second-order valence-electron chi connectivity index (χ2n) is 6.06. The summed E-state index contributed by atoms with van der Waals surface area (Å²) in [4.78, 5) is 25.0. The highest BCUT2D eigenvalue weighted by atomic mass is 16.5. The maximum Gasteiger partial charge on any atom is 0.252 e.